The fourth-order valence-corrected chi connectivity index (χ4v) is 1.34. The summed E-state index contributed by atoms with van der Waals surface area (Å²) in [5, 5.41) is 9.60. The first-order chi connectivity index (χ1) is 6.29. The summed E-state index contributed by atoms with van der Waals surface area (Å²) in [4.78, 5) is 13.8. The maximum Gasteiger partial charge on any atom is 0.336 e. The van der Waals surface area contributed by atoms with E-state index in [1.807, 2.05) is 6.07 Å². The zero-order valence-corrected chi connectivity index (χ0v) is 6.82. The lowest BCUT2D eigenvalue weighted by Gasteiger charge is -1.95. The molecule has 13 heavy (non-hydrogen) atoms. The number of hydrogen-bond donors (Lipinski definition) is 1. The number of carboxylic acid groups (broad SMARTS) is 1. The van der Waals surface area contributed by atoms with Crippen molar-refractivity contribution in [1.29, 1.82) is 0 Å². The number of hydrogen-bond acceptors (Lipinski definition) is 1. The summed E-state index contributed by atoms with van der Waals surface area (Å²) in [5.41, 5.74) is 1.16. The normalized spacial score (nSPS) is 10.2. The molecule has 1 aromatic heterocycles. The zero-order valence-electron chi connectivity index (χ0n) is 6.82. The molecular weight excluding hydrogens is 166 g/mol. The number of fused-ring (bicyclic) bond motifs is 1. The van der Waals surface area contributed by atoms with Gasteiger partial charge in [0.15, 0.2) is 6.20 Å². The Morgan fingerprint density at radius 2 is 2.08 bits per heavy atom. The fraction of sp³-hybridized carbons (Fsp3) is 0. The molecule has 0 saturated heterocycles. The molecule has 0 unspecified atom stereocenters. The molecular formula is C10H8NO2+. The molecule has 0 aliphatic carbocycles. The van der Waals surface area contributed by atoms with Gasteiger partial charge >= 0.3 is 5.97 Å². The molecule has 0 radical (unpaired) electrons. The third kappa shape index (κ3) is 1.24. The van der Waals surface area contributed by atoms with Crippen LogP contribution in [0.4, 0.5) is 0 Å². The van der Waals surface area contributed by atoms with Crippen LogP contribution in [-0.4, -0.2) is 11.1 Å². The Morgan fingerprint density at radius 1 is 1.23 bits per heavy atom. The van der Waals surface area contributed by atoms with Gasteiger partial charge in [-0.1, -0.05) is 6.07 Å². The second kappa shape index (κ2) is 2.86. The molecule has 3 nitrogen and oxygen atoms in total. The zero-order chi connectivity index (χ0) is 9.26. The highest BCUT2D eigenvalue weighted by Gasteiger charge is 2.09. The predicted octanol–water partition coefficient (Wildman–Crippen LogP) is 1.35. The van der Waals surface area contributed by atoms with E-state index in [4.69, 9.17) is 5.11 Å². The number of carbonyl (C=O) groups is 1. The van der Waals surface area contributed by atoms with E-state index in [0.717, 1.165) is 10.9 Å². The summed E-state index contributed by atoms with van der Waals surface area (Å²) in [7, 11) is 0. The summed E-state index contributed by atoms with van der Waals surface area (Å²) >= 11 is 0. The van der Waals surface area contributed by atoms with Gasteiger partial charge in [0.05, 0.1) is 10.9 Å². The summed E-state index contributed by atoms with van der Waals surface area (Å²) < 4.78 is 0. The molecule has 2 N–H and O–H groups in total. The molecule has 0 bridgehead atoms. The highest BCUT2D eigenvalue weighted by molar-refractivity contribution is 6.01. The first-order valence-electron chi connectivity index (χ1n) is 3.92. The number of aromatic nitrogens is 1. The van der Waals surface area contributed by atoms with Gasteiger partial charge in [0.2, 0.25) is 5.52 Å². The monoisotopic (exact) mass is 174 g/mol. The topological polar surface area (TPSA) is 51.4 Å². The van der Waals surface area contributed by atoms with Crippen molar-refractivity contribution in [1.82, 2.24) is 0 Å². The SMILES string of the molecule is O=C(O)c1cccc2[nH+]cccc12. The minimum absolute atomic E-state index is 0.328. The Balaban J connectivity index is 2.83. The molecule has 0 aliphatic heterocycles. The number of aromatic carboxylic acids is 1. The Bertz CT molecular complexity index is 460. The van der Waals surface area contributed by atoms with Crippen molar-refractivity contribution in [3.63, 3.8) is 0 Å². The largest absolute Gasteiger partial charge is 0.478 e. The lowest BCUT2D eigenvalue weighted by Crippen LogP contribution is -2.05. The molecule has 64 valence electrons. The highest BCUT2D eigenvalue weighted by Crippen LogP contribution is 2.13. The summed E-state index contributed by atoms with van der Waals surface area (Å²) in [6.07, 6.45) is 1.77. The highest BCUT2D eigenvalue weighted by atomic mass is 16.4. The maximum atomic E-state index is 10.8. The Kier molecular flexibility index (Phi) is 1.70. The second-order valence-electron chi connectivity index (χ2n) is 2.74. The number of benzene rings is 1. The molecule has 0 aliphatic rings. The first-order valence-corrected chi connectivity index (χ1v) is 3.92. The fourth-order valence-electron chi connectivity index (χ4n) is 1.34. The Hall–Kier alpha value is -1.90. The lowest BCUT2D eigenvalue weighted by molar-refractivity contribution is -0.344. The van der Waals surface area contributed by atoms with E-state index in [1.165, 1.54) is 0 Å². The molecule has 0 saturated carbocycles. The Morgan fingerprint density at radius 3 is 2.85 bits per heavy atom. The van der Waals surface area contributed by atoms with Crippen LogP contribution in [-0.2, 0) is 0 Å². The van der Waals surface area contributed by atoms with Crippen molar-refractivity contribution in [2.45, 2.75) is 0 Å². The first kappa shape index (κ1) is 7.73. The summed E-state index contributed by atoms with van der Waals surface area (Å²) in [6.45, 7) is 0. The van der Waals surface area contributed by atoms with Crippen molar-refractivity contribution in [3.05, 3.63) is 42.1 Å². The molecule has 0 atom stereocenters. The van der Waals surface area contributed by atoms with Gasteiger partial charge in [-0.2, -0.15) is 0 Å². The summed E-state index contributed by atoms with van der Waals surface area (Å²) in [6, 6.07) is 8.74. The van der Waals surface area contributed by atoms with E-state index >= 15 is 0 Å². The smallest absolute Gasteiger partial charge is 0.336 e. The minimum Gasteiger partial charge on any atom is -0.478 e. The van der Waals surface area contributed by atoms with Crippen LogP contribution in [0.5, 0.6) is 0 Å². The van der Waals surface area contributed by atoms with Crippen LogP contribution in [0.25, 0.3) is 10.9 Å². The molecule has 1 aromatic carbocycles. The molecule has 3 heteroatoms. The molecule has 0 spiro atoms. The van der Waals surface area contributed by atoms with Crippen LogP contribution in [0.15, 0.2) is 36.5 Å². The van der Waals surface area contributed by atoms with Crippen molar-refractivity contribution < 1.29 is 14.9 Å². The van der Waals surface area contributed by atoms with Crippen LogP contribution in [0.1, 0.15) is 10.4 Å². The van der Waals surface area contributed by atoms with Gasteiger partial charge in [-0.3, -0.25) is 0 Å². The minimum atomic E-state index is -0.898. The average molecular weight is 174 g/mol. The number of aromatic amines is 1. The van der Waals surface area contributed by atoms with Gasteiger partial charge in [0.1, 0.15) is 0 Å². The van der Waals surface area contributed by atoms with E-state index in [1.54, 1.807) is 30.5 Å². The lowest BCUT2D eigenvalue weighted by atomic mass is 10.1. The summed E-state index contributed by atoms with van der Waals surface area (Å²) in [5.74, 6) is -0.898. The molecule has 2 rings (SSSR count). The maximum absolute atomic E-state index is 10.8. The van der Waals surface area contributed by atoms with Crippen molar-refractivity contribution in [3.8, 4) is 0 Å². The number of carboxylic acids is 1. The van der Waals surface area contributed by atoms with Crippen LogP contribution in [0.2, 0.25) is 0 Å². The van der Waals surface area contributed by atoms with Crippen LogP contribution in [0.3, 0.4) is 0 Å². The standard InChI is InChI=1S/C10H7NO2/c12-10(13)8-3-1-5-9-7(8)4-2-6-11-9/h1-6H,(H,12,13)/p+1. The van der Waals surface area contributed by atoms with Gasteiger partial charge in [-0.25, -0.2) is 9.78 Å². The van der Waals surface area contributed by atoms with Gasteiger partial charge in [-0.15, -0.1) is 0 Å². The molecule has 0 amide bonds. The van der Waals surface area contributed by atoms with E-state index < -0.39 is 5.97 Å². The van der Waals surface area contributed by atoms with Gasteiger partial charge in [0.25, 0.3) is 0 Å². The van der Waals surface area contributed by atoms with Crippen LogP contribution < -0.4 is 4.98 Å². The van der Waals surface area contributed by atoms with E-state index in [9.17, 15) is 4.79 Å². The van der Waals surface area contributed by atoms with E-state index in [0.29, 0.717) is 5.56 Å². The van der Waals surface area contributed by atoms with Gasteiger partial charge < -0.3 is 5.11 Å². The third-order valence-corrected chi connectivity index (χ3v) is 1.93. The van der Waals surface area contributed by atoms with Crippen molar-refractivity contribution in [2.75, 3.05) is 0 Å². The number of H-pyrrole nitrogens is 1. The van der Waals surface area contributed by atoms with Crippen molar-refractivity contribution in [2.24, 2.45) is 0 Å². The van der Waals surface area contributed by atoms with E-state index in [-0.39, 0.29) is 0 Å². The number of pyridine rings is 1. The number of nitrogens with one attached hydrogen (secondary N) is 1. The van der Waals surface area contributed by atoms with Crippen molar-refractivity contribution >= 4 is 16.9 Å². The predicted molar refractivity (Wildman–Crippen MR) is 47.5 cm³/mol. The Labute approximate surface area is 74.7 Å². The number of rotatable bonds is 1. The van der Waals surface area contributed by atoms with Crippen LogP contribution >= 0.6 is 0 Å². The third-order valence-electron chi connectivity index (χ3n) is 1.93. The average Bonchev–Trinajstić information content (AvgIpc) is 2.17. The second-order valence-corrected chi connectivity index (χ2v) is 2.74. The molecule has 1 heterocycles. The molecule has 0 fully saturated rings. The van der Waals surface area contributed by atoms with Crippen LogP contribution in [0, 0.1) is 0 Å². The van der Waals surface area contributed by atoms with Gasteiger partial charge in [-0.05, 0) is 12.1 Å². The van der Waals surface area contributed by atoms with Gasteiger partial charge in [0, 0.05) is 12.1 Å². The molecule has 2 aromatic rings. The quantitative estimate of drug-likeness (QED) is 0.709. The van der Waals surface area contributed by atoms with E-state index in [2.05, 4.69) is 4.98 Å².